The van der Waals surface area contributed by atoms with E-state index < -0.39 is 12.0 Å². The first kappa shape index (κ1) is 16.3. The first-order valence-corrected chi connectivity index (χ1v) is 6.72. The quantitative estimate of drug-likeness (QED) is 0.776. The first-order chi connectivity index (χ1) is 8.76. The molecule has 0 spiro atoms. The minimum atomic E-state index is -2.33. The number of alkyl halides is 2. The standard InChI is InChI=1S/C13H24F2N2O2/c1-13(2,3)19-12(18)9-17-6-4-5-10(8-17)16-7-11(14)15/h10-11,16H,4-9H2,1-3H3. The third kappa shape index (κ3) is 7.42. The van der Waals surface area contributed by atoms with E-state index in [1.165, 1.54) is 0 Å². The number of carbonyl (C=O) groups is 1. The van der Waals surface area contributed by atoms with Crippen LogP contribution in [0.5, 0.6) is 0 Å². The molecule has 0 aromatic heterocycles. The fourth-order valence-corrected chi connectivity index (χ4v) is 2.18. The van der Waals surface area contributed by atoms with E-state index in [0.717, 1.165) is 19.4 Å². The van der Waals surface area contributed by atoms with Crippen LogP contribution in [0.15, 0.2) is 0 Å². The van der Waals surface area contributed by atoms with Gasteiger partial charge in [-0.1, -0.05) is 0 Å². The van der Waals surface area contributed by atoms with Gasteiger partial charge in [-0.2, -0.15) is 0 Å². The second-order valence-electron chi connectivity index (χ2n) is 5.96. The van der Waals surface area contributed by atoms with E-state index in [0.29, 0.717) is 6.54 Å². The molecule has 1 rings (SSSR count). The Kier molecular flexibility index (Phi) is 6.13. The molecule has 1 aliphatic rings. The van der Waals surface area contributed by atoms with Crippen molar-refractivity contribution in [1.82, 2.24) is 10.2 Å². The monoisotopic (exact) mass is 278 g/mol. The Labute approximate surface area is 113 Å². The number of esters is 1. The van der Waals surface area contributed by atoms with E-state index in [9.17, 15) is 13.6 Å². The molecule has 1 atom stereocenters. The van der Waals surface area contributed by atoms with E-state index in [1.54, 1.807) is 0 Å². The van der Waals surface area contributed by atoms with E-state index in [1.807, 2.05) is 25.7 Å². The molecule has 0 saturated carbocycles. The Balaban J connectivity index is 2.32. The predicted molar refractivity (Wildman–Crippen MR) is 69.3 cm³/mol. The van der Waals surface area contributed by atoms with Gasteiger partial charge >= 0.3 is 5.97 Å². The van der Waals surface area contributed by atoms with Crippen molar-refractivity contribution in [2.24, 2.45) is 0 Å². The highest BCUT2D eigenvalue weighted by molar-refractivity contribution is 5.72. The first-order valence-electron chi connectivity index (χ1n) is 6.72. The van der Waals surface area contributed by atoms with Crippen LogP contribution in [0.1, 0.15) is 33.6 Å². The van der Waals surface area contributed by atoms with Gasteiger partial charge in [0.1, 0.15) is 5.60 Å². The molecule has 0 aromatic rings. The minimum Gasteiger partial charge on any atom is -0.459 e. The number of ether oxygens (including phenoxy) is 1. The van der Waals surface area contributed by atoms with Gasteiger partial charge in [0.25, 0.3) is 6.43 Å². The van der Waals surface area contributed by atoms with E-state index in [2.05, 4.69) is 5.32 Å². The maximum absolute atomic E-state index is 12.1. The minimum absolute atomic E-state index is 0.0326. The summed E-state index contributed by atoms with van der Waals surface area (Å²) >= 11 is 0. The summed E-state index contributed by atoms with van der Waals surface area (Å²) in [5.74, 6) is -0.262. The number of hydrogen-bond acceptors (Lipinski definition) is 4. The molecule has 6 heteroatoms. The second kappa shape index (κ2) is 7.14. The van der Waals surface area contributed by atoms with Crippen LogP contribution in [0.4, 0.5) is 8.78 Å². The summed E-state index contributed by atoms with van der Waals surface area (Å²) in [4.78, 5) is 13.7. The van der Waals surface area contributed by atoms with Gasteiger partial charge in [-0.15, -0.1) is 0 Å². The Morgan fingerprint density at radius 2 is 2.16 bits per heavy atom. The Hall–Kier alpha value is -0.750. The zero-order chi connectivity index (χ0) is 14.5. The molecular formula is C13H24F2N2O2. The van der Waals surface area contributed by atoms with Crippen molar-refractivity contribution in [2.45, 2.75) is 51.7 Å². The number of halogens is 2. The summed E-state index contributed by atoms with van der Waals surface area (Å²) in [6.07, 6.45) is -0.553. The van der Waals surface area contributed by atoms with Crippen molar-refractivity contribution >= 4 is 5.97 Å². The molecule has 1 N–H and O–H groups in total. The Morgan fingerprint density at radius 1 is 1.47 bits per heavy atom. The van der Waals surface area contributed by atoms with Crippen LogP contribution in [0.3, 0.4) is 0 Å². The normalized spacial score (nSPS) is 21.7. The molecule has 4 nitrogen and oxygen atoms in total. The SMILES string of the molecule is CC(C)(C)OC(=O)CN1CCCC(NCC(F)F)C1. The number of hydrogen-bond donors (Lipinski definition) is 1. The molecule has 0 aromatic carbocycles. The number of nitrogens with zero attached hydrogens (tertiary/aromatic N) is 1. The van der Waals surface area contributed by atoms with Gasteiger partial charge in [0.2, 0.25) is 0 Å². The maximum atomic E-state index is 12.1. The molecule has 1 unspecified atom stereocenters. The lowest BCUT2D eigenvalue weighted by atomic mass is 10.1. The summed E-state index contributed by atoms with van der Waals surface area (Å²) < 4.78 is 29.5. The molecule has 112 valence electrons. The zero-order valence-electron chi connectivity index (χ0n) is 11.9. The van der Waals surface area contributed by atoms with Gasteiger partial charge in [0.15, 0.2) is 0 Å². The fraction of sp³-hybridized carbons (Fsp3) is 0.923. The smallest absolute Gasteiger partial charge is 0.320 e. The molecule has 1 saturated heterocycles. The molecule has 1 aliphatic heterocycles. The number of likely N-dealkylation sites (tertiary alicyclic amines) is 1. The molecule has 0 radical (unpaired) electrons. The lowest BCUT2D eigenvalue weighted by Gasteiger charge is -2.33. The molecule has 1 heterocycles. The highest BCUT2D eigenvalue weighted by atomic mass is 19.3. The van der Waals surface area contributed by atoms with Crippen molar-refractivity contribution in [3.63, 3.8) is 0 Å². The molecular weight excluding hydrogens is 254 g/mol. The summed E-state index contributed by atoms with van der Waals surface area (Å²) in [5.41, 5.74) is -0.486. The van der Waals surface area contributed by atoms with Crippen LogP contribution in [-0.4, -0.2) is 55.1 Å². The number of nitrogens with one attached hydrogen (secondary N) is 1. The van der Waals surface area contributed by atoms with Gasteiger partial charge in [-0.25, -0.2) is 8.78 Å². The average Bonchev–Trinajstić information content (AvgIpc) is 2.24. The summed E-state index contributed by atoms with van der Waals surface area (Å²) in [5, 5.41) is 2.83. The van der Waals surface area contributed by atoms with Crippen LogP contribution in [0.25, 0.3) is 0 Å². The van der Waals surface area contributed by atoms with Crippen molar-refractivity contribution in [2.75, 3.05) is 26.2 Å². The summed E-state index contributed by atoms with van der Waals surface area (Å²) in [6.45, 7) is 6.85. The topological polar surface area (TPSA) is 41.6 Å². The summed E-state index contributed by atoms with van der Waals surface area (Å²) in [6, 6.07) is 0.0326. The number of carbonyl (C=O) groups excluding carboxylic acids is 1. The highest BCUT2D eigenvalue weighted by Crippen LogP contribution is 2.12. The van der Waals surface area contributed by atoms with Crippen molar-refractivity contribution < 1.29 is 18.3 Å². The van der Waals surface area contributed by atoms with Crippen LogP contribution < -0.4 is 5.32 Å². The van der Waals surface area contributed by atoms with Crippen molar-refractivity contribution in [3.05, 3.63) is 0 Å². The predicted octanol–water partition coefficient (Wildman–Crippen LogP) is 1.65. The number of rotatable bonds is 5. The van der Waals surface area contributed by atoms with Crippen molar-refractivity contribution in [3.8, 4) is 0 Å². The van der Waals surface area contributed by atoms with Crippen molar-refractivity contribution in [1.29, 1.82) is 0 Å². The lowest BCUT2D eigenvalue weighted by Crippen LogP contribution is -2.48. The average molecular weight is 278 g/mol. The van der Waals surface area contributed by atoms with Crippen LogP contribution in [0, 0.1) is 0 Å². The second-order valence-corrected chi connectivity index (χ2v) is 5.96. The zero-order valence-corrected chi connectivity index (χ0v) is 11.9. The number of piperidine rings is 1. The van der Waals surface area contributed by atoms with Gasteiger partial charge in [0, 0.05) is 12.6 Å². The molecule has 0 aliphatic carbocycles. The molecule has 0 amide bonds. The highest BCUT2D eigenvalue weighted by Gasteiger charge is 2.24. The Bertz CT molecular complexity index is 293. The maximum Gasteiger partial charge on any atom is 0.320 e. The van der Waals surface area contributed by atoms with Gasteiger partial charge in [-0.3, -0.25) is 9.69 Å². The van der Waals surface area contributed by atoms with Crippen LogP contribution >= 0.6 is 0 Å². The fourth-order valence-electron chi connectivity index (χ4n) is 2.18. The van der Waals surface area contributed by atoms with E-state index in [4.69, 9.17) is 4.74 Å². The van der Waals surface area contributed by atoms with E-state index in [-0.39, 0.29) is 25.1 Å². The molecule has 19 heavy (non-hydrogen) atoms. The third-order valence-electron chi connectivity index (χ3n) is 2.84. The van der Waals surface area contributed by atoms with Gasteiger partial charge in [0.05, 0.1) is 13.1 Å². The summed E-state index contributed by atoms with van der Waals surface area (Å²) in [7, 11) is 0. The van der Waals surface area contributed by atoms with E-state index >= 15 is 0 Å². The van der Waals surface area contributed by atoms with Crippen LogP contribution in [0.2, 0.25) is 0 Å². The van der Waals surface area contributed by atoms with Gasteiger partial charge < -0.3 is 10.1 Å². The lowest BCUT2D eigenvalue weighted by molar-refractivity contribution is -0.156. The largest absolute Gasteiger partial charge is 0.459 e. The molecule has 1 fully saturated rings. The Morgan fingerprint density at radius 3 is 2.74 bits per heavy atom. The third-order valence-corrected chi connectivity index (χ3v) is 2.84. The van der Waals surface area contributed by atoms with Crippen LogP contribution in [-0.2, 0) is 9.53 Å². The molecule has 0 bridgehead atoms. The van der Waals surface area contributed by atoms with Gasteiger partial charge in [-0.05, 0) is 40.2 Å².